The van der Waals surface area contributed by atoms with Crippen molar-refractivity contribution in [1.82, 2.24) is 30.9 Å². The second-order valence-corrected chi connectivity index (χ2v) is 9.58. The Morgan fingerprint density at radius 2 is 1.55 bits per heavy atom. The molecule has 224 valence electrons. The van der Waals surface area contributed by atoms with Crippen molar-refractivity contribution in [3.05, 3.63) is 54.2 Å². The summed E-state index contributed by atoms with van der Waals surface area (Å²) in [6, 6.07) is 1.51. The SMILES string of the molecule is NC(=O)CCC(N)C(=O)NC(Cc1c[nH]c2ccccc12)C(=O)NC(CC(=O)O)C(=O)NC(Cc1cnc[nH]1)C(=O)O. The van der Waals surface area contributed by atoms with E-state index < -0.39 is 66.2 Å². The van der Waals surface area contributed by atoms with Gasteiger partial charge in [0.2, 0.25) is 23.6 Å². The molecule has 0 aliphatic heterocycles. The number of aromatic amines is 2. The van der Waals surface area contributed by atoms with Crippen LogP contribution >= 0.6 is 0 Å². The topological polar surface area (TPSA) is 275 Å². The van der Waals surface area contributed by atoms with E-state index in [9.17, 15) is 39.0 Å². The number of hydrogen-bond acceptors (Lipinski definition) is 8. The molecule has 4 atom stereocenters. The molecule has 1 aromatic carbocycles. The van der Waals surface area contributed by atoms with Gasteiger partial charge in [0, 0.05) is 48.3 Å². The van der Waals surface area contributed by atoms with Crippen molar-refractivity contribution in [3.8, 4) is 0 Å². The maximum Gasteiger partial charge on any atom is 0.326 e. The number of imidazole rings is 1. The molecule has 0 bridgehead atoms. The zero-order valence-electron chi connectivity index (χ0n) is 22.3. The number of rotatable bonds is 16. The van der Waals surface area contributed by atoms with Crippen LogP contribution in [-0.2, 0) is 41.6 Å². The third kappa shape index (κ3) is 8.88. The zero-order valence-corrected chi connectivity index (χ0v) is 22.3. The third-order valence-corrected chi connectivity index (χ3v) is 6.38. The van der Waals surface area contributed by atoms with Crippen LogP contribution in [0.2, 0.25) is 0 Å². The van der Waals surface area contributed by atoms with E-state index >= 15 is 0 Å². The molecule has 16 nitrogen and oxygen atoms in total. The summed E-state index contributed by atoms with van der Waals surface area (Å²) in [7, 11) is 0. The van der Waals surface area contributed by atoms with Gasteiger partial charge in [0.1, 0.15) is 18.1 Å². The maximum atomic E-state index is 13.4. The molecule has 0 fully saturated rings. The third-order valence-electron chi connectivity index (χ3n) is 6.38. The van der Waals surface area contributed by atoms with Crippen LogP contribution in [0.1, 0.15) is 30.5 Å². The second kappa shape index (κ2) is 14.4. The molecule has 4 unspecified atom stereocenters. The molecule has 0 saturated heterocycles. The van der Waals surface area contributed by atoms with E-state index in [2.05, 4.69) is 30.9 Å². The first-order valence-electron chi connectivity index (χ1n) is 12.9. The standard InChI is InChI=1S/C26H32N8O8/c27-16(5-6-21(28)35)23(38)32-18(7-13-10-30-17-4-2-1-3-15(13)17)24(39)33-19(9-22(36)37)25(40)34-20(26(41)42)8-14-11-29-12-31-14/h1-4,10-12,16,18-20,30H,5-9,27H2,(H2,28,35)(H,29,31)(H,32,38)(H,33,39)(H,34,40)(H,36,37)(H,41,42). The van der Waals surface area contributed by atoms with Gasteiger partial charge >= 0.3 is 11.9 Å². The number of fused-ring (bicyclic) bond motifs is 1. The summed E-state index contributed by atoms with van der Waals surface area (Å²) in [5.74, 6) is -6.26. The predicted molar refractivity (Wildman–Crippen MR) is 146 cm³/mol. The van der Waals surface area contributed by atoms with E-state index in [0.29, 0.717) is 11.3 Å². The molecule has 0 aliphatic carbocycles. The molecule has 0 aliphatic rings. The molecule has 11 N–H and O–H groups in total. The summed E-state index contributed by atoms with van der Waals surface area (Å²) in [5.41, 5.74) is 12.8. The molecule has 4 amide bonds. The van der Waals surface area contributed by atoms with Crippen LogP contribution in [0.4, 0.5) is 0 Å². The van der Waals surface area contributed by atoms with Crippen molar-refractivity contribution in [2.75, 3.05) is 0 Å². The number of carboxylic acid groups (broad SMARTS) is 2. The van der Waals surface area contributed by atoms with Gasteiger partial charge in [0.05, 0.1) is 18.8 Å². The van der Waals surface area contributed by atoms with Gasteiger partial charge in [-0.3, -0.25) is 24.0 Å². The number of carbonyl (C=O) groups is 6. The Labute approximate surface area is 238 Å². The Kier molecular flexibility index (Phi) is 10.7. The lowest BCUT2D eigenvalue weighted by Crippen LogP contribution is -2.58. The number of benzene rings is 1. The number of carbonyl (C=O) groups excluding carboxylic acids is 4. The number of nitrogens with zero attached hydrogens (tertiary/aromatic N) is 1. The van der Waals surface area contributed by atoms with Gasteiger partial charge < -0.3 is 47.6 Å². The van der Waals surface area contributed by atoms with Gasteiger partial charge in [0.25, 0.3) is 0 Å². The summed E-state index contributed by atoms with van der Waals surface area (Å²) in [5, 5.41) is 26.8. The van der Waals surface area contributed by atoms with Crippen molar-refractivity contribution < 1.29 is 39.0 Å². The smallest absolute Gasteiger partial charge is 0.326 e. The van der Waals surface area contributed by atoms with Crippen LogP contribution in [-0.4, -0.2) is 84.9 Å². The Morgan fingerprint density at radius 1 is 0.881 bits per heavy atom. The molecule has 3 aromatic rings. The Bertz CT molecular complexity index is 1440. The summed E-state index contributed by atoms with van der Waals surface area (Å²) in [6.07, 6.45) is 2.94. The maximum absolute atomic E-state index is 13.4. The van der Waals surface area contributed by atoms with Crippen LogP contribution in [0.15, 0.2) is 43.0 Å². The number of carboxylic acids is 2. The van der Waals surface area contributed by atoms with E-state index in [1.165, 1.54) is 12.5 Å². The minimum Gasteiger partial charge on any atom is -0.481 e. The van der Waals surface area contributed by atoms with E-state index in [4.69, 9.17) is 11.5 Å². The molecule has 42 heavy (non-hydrogen) atoms. The minimum absolute atomic E-state index is 0.0802. The van der Waals surface area contributed by atoms with Gasteiger partial charge in [-0.2, -0.15) is 0 Å². The summed E-state index contributed by atoms with van der Waals surface area (Å²) < 4.78 is 0. The molecule has 16 heteroatoms. The molecule has 0 spiro atoms. The van der Waals surface area contributed by atoms with Crippen LogP contribution in [0.25, 0.3) is 10.9 Å². The van der Waals surface area contributed by atoms with E-state index in [1.54, 1.807) is 24.4 Å². The van der Waals surface area contributed by atoms with Crippen LogP contribution in [0.3, 0.4) is 0 Å². The van der Waals surface area contributed by atoms with Crippen molar-refractivity contribution in [1.29, 1.82) is 0 Å². The Hall–Kier alpha value is -5.25. The van der Waals surface area contributed by atoms with Crippen LogP contribution in [0, 0.1) is 0 Å². The molecule has 0 saturated carbocycles. The fourth-order valence-corrected chi connectivity index (χ4v) is 4.18. The van der Waals surface area contributed by atoms with Crippen molar-refractivity contribution in [2.45, 2.75) is 56.3 Å². The van der Waals surface area contributed by atoms with Gasteiger partial charge in [-0.25, -0.2) is 9.78 Å². The summed E-state index contributed by atoms with van der Waals surface area (Å²) in [6.45, 7) is 0. The van der Waals surface area contributed by atoms with Gasteiger partial charge in [0.15, 0.2) is 0 Å². The van der Waals surface area contributed by atoms with E-state index in [0.717, 1.165) is 10.9 Å². The number of aromatic nitrogens is 3. The largest absolute Gasteiger partial charge is 0.481 e. The number of H-pyrrole nitrogens is 2. The van der Waals surface area contributed by atoms with Gasteiger partial charge in [-0.15, -0.1) is 0 Å². The van der Waals surface area contributed by atoms with E-state index in [-0.39, 0.29) is 25.7 Å². The molecular weight excluding hydrogens is 552 g/mol. The minimum atomic E-state index is -1.69. The molecule has 3 rings (SSSR count). The first-order chi connectivity index (χ1) is 19.9. The Balaban J connectivity index is 1.81. The zero-order chi connectivity index (χ0) is 30.8. The van der Waals surface area contributed by atoms with Gasteiger partial charge in [-0.05, 0) is 18.1 Å². The molecular formula is C26H32N8O8. The molecule has 2 heterocycles. The number of nitrogens with one attached hydrogen (secondary N) is 5. The number of primary amides is 1. The van der Waals surface area contributed by atoms with E-state index in [1.807, 2.05) is 6.07 Å². The lowest BCUT2D eigenvalue weighted by Gasteiger charge is -2.24. The molecule has 2 aromatic heterocycles. The molecule has 0 radical (unpaired) electrons. The highest BCUT2D eigenvalue weighted by Crippen LogP contribution is 2.19. The fourth-order valence-electron chi connectivity index (χ4n) is 4.18. The predicted octanol–water partition coefficient (Wildman–Crippen LogP) is -1.72. The lowest BCUT2D eigenvalue weighted by molar-refractivity contribution is -0.143. The summed E-state index contributed by atoms with van der Waals surface area (Å²) in [4.78, 5) is 83.2. The van der Waals surface area contributed by atoms with Crippen molar-refractivity contribution >= 4 is 46.5 Å². The lowest BCUT2D eigenvalue weighted by atomic mass is 10.0. The second-order valence-electron chi connectivity index (χ2n) is 9.58. The average Bonchev–Trinajstić information content (AvgIpc) is 3.60. The first kappa shape index (κ1) is 31.3. The number of aliphatic carboxylic acids is 2. The highest BCUT2D eigenvalue weighted by molar-refractivity contribution is 5.96. The number of hydrogen-bond donors (Lipinski definition) is 9. The van der Waals surface area contributed by atoms with Crippen LogP contribution < -0.4 is 27.4 Å². The normalized spacial score (nSPS) is 13.8. The monoisotopic (exact) mass is 584 g/mol. The fraction of sp³-hybridized carbons (Fsp3) is 0.346. The summed E-state index contributed by atoms with van der Waals surface area (Å²) >= 11 is 0. The highest BCUT2D eigenvalue weighted by atomic mass is 16.4. The van der Waals surface area contributed by atoms with Gasteiger partial charge in [-0.1, -0.05) is 18.2 Å². The Morgan fingerprint density at radius 3 is 2.19 bits per heavy atom. The first-order valence-corrected chi connectivity index (χ1v) is 12.9. The number of para-hydroxylation sites is 1. The average molecular weight is 585 g/mol. The van der Waals surface area contributed by atoms with Crippen molar-refractivity contribution in [3.63, 3.8) is 0 Å². The number of nitrogens with two attached hydrogens (primary N) is 2. The number of amides is 4. The van der Waals surface area contributed by atoms with Crippen LogP contribution in [0.5, 0.6) is 0 Å². The quantitative estimate of drug-likeness (QED) is 0.0918. The van der Waals surface area contributed by atoms with Crippen molar-refractivity contribution in [2.24, 2.45) is 11.5 Å². The highest BCUT2D eigenvalue weighted by Gasteiger charge is 2.32.